The van der Waals surface area contributed by atoms with Crippen molar-refractivity contribution in [2.75, 3.05) is 44.4 Å². The van der Waals surface area contributed by atoms with Gasteiger partial charge in [-0.05, 0) is 146 Å². The minimum atomic E-state index is -2.93. The predicted molar refractivity (Wildman–Crippen MR) is 209 cm³/mol. The molecule has 1 heterocycles. The molecule has 7 nitrogen and oxygen atoms in total. The highest BCUT2D eigenvalue weighted by Gasteiger charge is 2.71. The Morgan fingerprint density at radius 2 is 1.64 bits per heavy atom. The standard InChI is InChI=1S/C44H67FN2O5S/c1-29(2)31-12-19-44(37(48)46-22-23-47-24-26-53(51,52)27-25-47)21-20-41(6)33(36(31)44)8-9-35-40(5)15-13-32(39(3,4)34(40)14-16-42(35,41)7)30-10-17-43(28-45,18-11-30)38(49)50/h10,13,31,33-36H,1,8-9,11-12,14-28H2,2-7H3,(H,46,48)(H,49,50)/t31-,33+,34-,35+,36+,40-,41+,42+,43?,44-/m0/s1. The van der Waals surface area contributed by atoms with Crippen molar-refractivity contribution in [1.82, 2.24) is 10.2 Å². The van der Waals surface area contributed by atoms with E-state index < -0.39 is 27.9 Å². The topological polar surface area (TPSA) is 104 Å². The highest BCUT2D eigenvalue weighted by Crippen LogP contribution is 2.77. The smallest absolute Gasteiger partial charge is 0.312 e. The summed E-state index contributed by atoms with van der Waals surface area (Å²) in [6.45, 7) is 20.9. The maximum Gasteiger partial charge on any atom is 0.312 e. The summed E-state index contributed by atoms with van der Waals surface area (Å²) in [7, 11) is -2.93. The van der Waals surface area contributed by atoms with Crippen molar-refractivity contribution in [3.63, 3.8) is 0 Å². The quantitative estimate of drug-likeness (QED) is 0.243. The lowest BCUT2D eigenvalue weighted by atomic mass is 9.32. The SMILES string of the molecule is C=C(C)[C@@H]1CC[C@]2(C(=O)NCCN3CCS(=O)(=O)CC3)CC[C@]3(C)[C@H](CC[C@@H]4[C@@]5(C)CC=C(C6=CCC(CF)(C(=O)O)CC6)C(C)(C)[C@@H]5CC[C@]43C)[C@@H]12. The van der Waals surface area contributed by atoms with Crippen LogP contribution >= 0.6 is 0 Å². The molecular weight excluding hydrogens is 688 g/mol. The van der Waals surface area contributed by atoms with Crippen molar-refractivity contribution in [3.8, 4) is 0 Å². The number of carbonyl (C=O) groups excluding carboxylic acids is 1. The summed E-state index contributed by atoms with van der Waals surface area (Å²) in [5.74, 6) is 1.78. The van der Waals surface area contributed by atoms with E-state index in [9.17, 15) is 27.5 Å². The van der Waals surface area contributed by atoms with Crippen molar-refractivity contribution in [2.45, 2.75) is 119 Å². The molecule has 1 aliphatic heterocycles. The van der Waals surface area contributed by atoms with Crippen LogP contribution in [0.3, 0.4) is 0 Å². The number of allylic oxidation sites excluding steroid dienone is 5. The average Bonchev–Trinajstić information content (AvgIpc) is 3.50. The molecule has 4 saturated carbocycles. The largest absolute Gasteiger partial charge is 0.481 e. The van der Waals surface area contributed by atoms with E-state index in [0.29, 0.717) is 62.7 Å². The highest BCUT2D eigenvalue weighted by molar-refractivity contribution is 7.91. The van der Waals surface area contributed by atoms with Crippen molar-refractivity contribution in [2.24, 2.45) is 62.1 Å². The summed E-state index contributed by atoms with van der Waals surface area (Å²) in [5, 5.41) is 13.2. The number of rotatable bonds is 8. The molecule has 53 heavy (non-hydrogen) atoms. The Morgan fingerprint density at radius 3 is 2.26 bits per heavy atom. The van der Waals surface area contributed by atoms with E-state index in [1.54, 1.807) is 0 Å². The molecule has 9 heteroatoms. The summed E-state index contributed by atoms with van der Waals surface area (Å²) in [4.78, 5) is 28.7. The minimum absolute atomic E-state index is 0.0599. The minimum Gasteiger partial charge on any atom is -0.481 e. The Balaban J connectivity index is 1.13. The molecule has 0 spiro atoms. The van der Waals surface area contributed by atoms with Gasteiger partial charge in [0.1, 0.15) is 6.67 Å². The van der Waals surface area contributed by atoms with Crippen LogP contribution < -0.4 is 5.32 Å². The van der Waals surface area contributed by atoms with Crippen LogP contribution in [0.2, 0.25) is 0 Å². The zero-order chi connectivity index (χ0) is 38.4. The van der Waals surface area contributed by atoms with Crippen LogP contribution in [0.1, 0.15) is 119 Å². The third-order valence-electron chi connectivity index (χ3n) is 17.9. The number of nitrogens with zero attached hydrogens (tertiary/aromatic N) is 1. The molecule has 0 bridgehead atoms. The highest BCUT2D eigenvalue weighted by atomic mass is 32.2. The number of carboxylic acid groups (broad SMARTS) is 1. The molecule has 296 valence electrons. The van der Waals surface area contributed by atoms with Crippen LogP contribution in [-0.2, 0) is 19.4 Å². The Morgan fingerprint density at radius 1 is 0.925 bits per heavy atom. The van der Waals surface area contributed by atoms with E-state index in [0.717, 1.165) is 44.9 Å². The van der Waals surface area contributed by atoms with Gasteiger partial charge in [-0.3, -0.25) is 14.5 Å². The van der Waals surface area contributed by atoms with Gasteiger partial charge in [-0.2, -0.15) is 0 Å². The average molecular weight is 755 g/mol. The molecule has 7 aliphatic rings. The Kier molecular flexibility index (Phi) is 9.85. The maximum atomic E-state index is 14.5. The van der Waals surface area contributed by atoms with Gasteiger partial charge in [0.15, 0.2) is 9.84 Å². The van der Waals surface area contributed by atoms with Crippen molar-refractivity contribution in [1.29, 1.82) is 0 Å². The lowest BCUT2D eigenvalue weighted by molar-refractivity contribution is -0.226. The van der Waals surface area contributed by atoms with E-state index in [-0.39, 0.29) is 56.8 Å². The first kappa shape index (κ1) is 39.2. The first-order chi connectivity index (χ1) is 24.8. The Labute approximate surface area is 319 Å². The number of hydrogen-bond acceptors (Lipinski definition) is 5. The van der Waals surface area contributed by atoms with Gasteiger partial charge < -0.3 is 10.4 Å². The van der Waals surface area contributed by atoms with E-state index in [1.165, 1.54) is 29.6 Å². The number of aliphatic carboxylic acids is 1. The van der Waals surface area contributed by atoms with Gasteiger partial charge >= 0.3 is 5.97 Å². The first-order valence-electron chi connectivity index (χ1n) is 20.9. The van der Waals surface area contributed by atoms with Gasteiger partial charge in [0.2, 0.25) is 5.91 Å². The first-order valence-corrected chi connectivity index (χ1v) is 22.7. The Hall–Kier alpha value is -2.00. The van der Waals surface area contributed by atoms with Crippen LogP contribution in [0.5, 0.6) is 0 Å². The number of carboxylic acids is 1. The second kappa shape index (κ2) is 13.3. The molecule has 1 amide bonds. The Bertz CT molecular complexity index is 1690. The number of hydrogen-bond donors (Lipinski definition) is 2. The van der Waals surface area contributed by atoms with Crippen LogP contribution in [0.25, 0.3) is 0 Å². The molecular formula is C44H67FN2O5S. The zero-order valence-corrected chi connectivity index (χ0v) is 34.3. The van der Waals surface area contributed by atoms with Gasteiger partial charge in [-0.1, -0.05) is 58.9 Å². The molecule has 0 radical (unpaired) electrons. The molecule has 2 N–H and O–H groups in total. The molecule has 0 aromatic carbocycles. The second-order valence-electron chi connectivity index (χ2n) is 20.3. The van der Waals surface area contributed by atoms with Crippen LogP contribution in [0.15, 0.2) is 35.5 Å². The van der Waals surface area contributed by atoms with Crippen molar-refractivity contribution in [3.05, 3.63) is 35.5 Å². The number of sulfone groups is 1. The van der Waals surface area contributed by atoms with E-state index in [4.69, 9.17) is 0 Å². The molecule has 1 unspecified atom stereocenters. The van der Waals surface area contributed by atoms with Crippen LogP contribution in [-0.4, -0.2) is 74.7 Å². The number of nitrogens with one attached hydrogen (secondary N) is 1. The third kappa shape index (κ3) is 5.88. The lowest BCUT2D eigenvalue weighted by Gasteiger charge is -2.72. The fraction of sp³-hybridized carbons (Fsp3) is 0.818. The lowest BCUT2D eigenvalue weighted by Crippen LogP contribution is -2.66. The number of carbonyl (C=O) groups is 2. The molecule has 1 saturated heterocycles. The van der Waals surface area contributed by atoms with Crippen molar-refractivity contribution >= 4 is 21.7 Å². The van der Waals surface area contributed by atoms with Gasteiger partial charge in [-0.15, -0.1) is 0 Å². The summed E-state index contributed by atoms with van der Waals surface area (Å²) >= 11 is 0. The normalized spacial score (nSPS) is 44.6. The molecule has 5 fully saturated rings. The van der Waals surface area contributed by atoms with E-state index in [1.807, 2.05) is 0 Å². The van der Waals surface area contributed by atoms with Crippen LogP contribution in [0, 0.1) is 62.1 Å². The van der Waals surface area contributed by atoms with Gasteiger partial charge in [0.05, 0.1) is 22.3 Å². The van der Waals surface area contributed by atoms with Gasteiger partial charge in [0, 0.05) is 26.2 Å². The summed E-state index contributed by atoms with van der Waals surface area (Å²) in [6, 6.07) is 0. The zero-order valence-electron chi connectivity index (χ0n) is 33.5. The molecule has 7 rings (SSSR count). The van der Waals surface area contributed by atoms with Crippen LogP contribution in [0.4, 0.5) is 4.39 Å². The number of alkyl halides is 1. The molecule has 0 aromatic rings. The fourth-order valence-corrected chi connectivity index (χ4v) is 16.0. The third-order valence-corrected chi connectivity index (χ3v) is 19.5. The monoisotopic (exact) mass is 754 g/mol. The molecule has 10 atom stereocenters. The maximum absolute atomic E-state index is 14.5. The van der Waals surface area contributed by atoms with Crippen molar-refractivity contribution < 1.29 is 27.5 Å². The summed E-state index contributed by atoms with van der Waals surface area (Å²) < 4.78 is 37.9. The predicted octanol–water partition coefficient (Wildman–Crippen LogP) is 8.18. The molecule has 6 aliphatic carbocycles. The van der Waals surface area contributed by atoms with E-state index >= 15 is 0 Å². The second-order valence-corrected chi connectivity index (χ2v) is 22.6. The number of fused-ring (bicyclic) bond motifs is 7. The van der Waals surface area contributed by atoms with Gasteiger partial charge in [0.25, 0.3) is 0 Å². The number of amides is 1. The van der Waals surface area contributed by atoms with E-state index in [2.05, 4.69) is 70.5 Å². The number of halogens is 1. The molecule has 0 aromatic heterocycles. The van der Waals surface area contributed by atoms with Gasteiger partial charge in [-0.25, -0.2) is 12.8 Å². The fourth-order valence-electron chi connectivity index (χ4n) is 14.7. The summed E-state index contributed by atoms with van der Waals surface area (Å²) in [5.41, 5.74) is 2.52. The summed E-state index contributed by atoms with van der Waals surface area (Å²) in [6.07, 6.45) is 15.4.